The van der Waals surface area contributed by atoms with Crippen molar-refractivity contribution in [2.45, 2.75) is 26.7 Å². The Bertz CT molecular complexity index is 180. The SMILES string of the molecule is C#CC(C)(C)C1CCN(C)CC1. The molecule has 0 aliphatic carbocycles. The first-order chi connectivity index (χ1) is 5.56. The fourth-order valence-corrected chi connectivity index (χ4v) is 1.85. The lowest BCUT2D eigenvalue weighted by atomic mass is 9.74. The summed E-state index contributed by atoms with van der Waals surface area (Å²) in [5.41, 5.74) is 0.0985. The van der Waals surface area contributed by atoms with E-state index in [1.54, 1.807) is 0 Å². The Hall–Kier alpha value is -0.480. The van der Waals surface area contributed by atoms with Gasteiger partial charge in [-0.3, -0.25) is 0 Å². The van der Waals surface area contributed by atoms with E-state index >= 15 is 0 Å². The molecule has 0 unspecified atom stereocenters. The van der Waals surface area contributed by atoms with Crippen molar-refractivity contribution in [3.8, 4) is 12.3 Å². The van der Waals surface area contributed by atoms with Gasteiger partial charge in [-0.25, -0.2) is 0 Å². The topological polar surface area (TPSA) is 3.24 Å². The summed E-state index contributed by atoms with van der Waals surface area (Å²) < 4.78 is 0. The molecule has 1 rings (SSSR count). The second-order valence-electron chi connectivity index (χ2n) is 4.44. The summed E-state index contributed by atoms with van der Waals surface area (Å²) in [6, 6.07) is 0. The summed E-state index contributed by atoms with van der Waals surface area (Å²) in [5, 5.41) is 0. The zero-order valence-electron chi connectivity index (χ0n) is 8.43. The maximum Gasteiger partial charge on any atom is 0.0284 e. The molecule has 0 radical (unpaired) electrons. The molecular weight excluding hydrogens is 146 g/mol. The van der Waals surface area contributed by atoms with Crippen molar-refractivity contribution in [3.05, 3.63) is 0 Å². The van der Waals surface area contributed by atoms with Gasteiger partial charge in [0, 0.05) is 5.41 Å². The highest BCUT2D eigenvalue weighted by Gasteiger charge is 2.29. The number of hydrogen-bond acceptors (Lipinski definition) is 1. The van der Waals surface area contributed by atoms with E-state index in [4.69, 9.17) is 6.42 Å². The van der Waals surface area contributed by atoms with Gasteiger partial charge < -0.3 is 4.90 Å². The first-order valence-corrected chi connectivity index (χ1v) is 4.72. The number of piperidine rings is 1. The van der Waals surface area contributed by atoms with E-state index < -0.39 is 0 Å². The Balaban J connectivity index is 2.51. The molecule has 68 valence electrons. The van der Waals surface area contributed by atoms with Crippen LogP contribution in [0.4, 0.5) is 0 Å². The minimum Gasteiger partial charge on any atom is -0.306 e. The van der Waals surface area contributed by atoms with Gasteiger partial charge in [-0.15, -0.1) is 12.3 Å². The highest BCUT2D eigenvalue weighted by atomic mass is 15.1. The van der Waals surface area contributed by atoms with Gasteiger partial charge in [0.15, 0.2) is 0 Å². The first-order valence-electron chi connectivity index (χ1n) is 4.72. The molecule has 0 aromatic heterocycles. The Labute approximate surface area is 76.1 Å². The predicted molar refractivity (Wildman–Crippen MR) is 52.8 cm³/mol. The van der Waals surface area contributed by atoms with Crippen LogP contribution in [0.3, 0.4) is 0 Å². The van der Waals surface area contributed by atoms with Crippen molar-refractivity contribution < 1.29 is 0 Å². The average Bonchev–Trinajstić information content (AvgIpc) is 2.05. The van der Waals surface area contributed by atoms with Gasteiger partial charge in [-0.2, -0.15) is 0 Å². The Morgan fingerprint density at radius 3 is 2.25 bits per heavy atom. The number of rotatable bonds is 1. The van der Waals surface area contributed by atoms with Gasteiger partial charge >= 0.3 is 0 Å². The van der Waals surface area contributed by atoms with Gasteiger partial charge in [0.25, 0.3) is 0 Å². The zero-order valence-corrected chi connectivity index (χ0v) is 8.43. The van der Waals surface area contributed by atoms with Crippen molar-refractivity contribution >= 4 is 0 Å². The minimum absolute atomic E-state index is 0.0985. The zero-order chi connectivity index (χ0) is 9.19. The van der Waals surface area contributed by atoms with E-state index in [1.807, 2.05) is 0 Å². The highest BCUT2D eigenvalue weighted by molar-refractivity contribution is 5.04. The van der Waals surface area contributed by atoms with Crippen LogP contribution >= 0.6 is 0 Å². The molecule has 1 nitrogen and oxygen atoms in total. The summed E-state index contributed by atoms with van der Waals surface area (Å²) in [4.78, 5) is 2.38. The molecule has 0 spiro atoms. The van der Waals surface area contributed by atoms with Crippen LogP contribution in [0.25, 0.3) is 0 Å². The molecule has 0 atom stereocenters. The largest absolute Gasteiger partial charge is 0.306 e. The molecule has 1 aliphatic rings. The quantitative estimate of drug-likeness (QED) is 0.537. The highest BCUT2D eigenvalue weighted by Crippen LogP contribution is 2.33. The summed E-state index contributed by atoms with van der Waals surface area (Å²) in [6.07, 6.45) is 8.02. The smallest absolute Gasteiger partial charge is 0.0284 e. The van der Waals surface area contributed by atoms with Crippen LogP contribution in [0.2, 0.25) is 0 Å². The second kappa shape index (κ2) is 3.49. The molecule has 0 aromatic rings. The number of hydrogen-bond donors (Lipinski definition) is 0. The Morgan fingerprint density at radius 2 is 1.83 bits per heavy atom. The van der Waals surface area contributed by atoms with Crippen LogP contribution in [-0.2, 0) is 0 Å². The van der Waals surface area contributed by atoms with Gasteiger partial charge in [0.05, 0.1) is 0 Å². The van der Waals surface area contributed by atoms with E-state index in [2.05, 4.69) is 31.7 Å². The van der Waals surface area contributed by atoms with Gasteiger partial charge in [-0.1, -0.05) is 0 Å². The lowest BCUT2D eigenvalue weighted by Gasteiger charge is -2.36. The van der Waals surface area contributed by atoms with E-state index in [1.165, 1.54) is 25.9 Å². The molecule has 0 saturated carbocycles. The van der Waals surface area contributed by atoms with Crippen molar-refractivity contribution in [2.75, 3.05) is 20.1 Å². The third kappa shape index (κ3) is 2.01. The maximum atomic E-state index is 5.51. The van der Waals surface area contributed by atoms with Crippen LogP contribution < -0.4 is 0 Å². The number of nitrogens with zero attached hydrogens (tertiary/aromatic N) is 1. The average molecular weight is 165 g/mol. The molecule has 0 amide bonds. The summed E-state index contributed by atoms with van der Waals surface area (Å²) in [7, 11) is 2.18. The molecule has 1 saturated heterocycles. The molecule has 0 N–H and O–H groups in total. The molecule has 1 heterocycles. The third-order valence-electron chi connectivity index (χ3n) is 3.11. The molecular formula is C11H19N. The first kappa shape index (κ1) is 9.61. The number of likely N-dealkylation sites (tertiary alicyclic amines) is 1. The van der Waals surface area contributed by atoms with Gasteiger partial charge in [0.2, 0.25) is 0 Å². The molecule has 0 aromatic carbocycles. The Morgan fingerprint density at radius 1 is 1.33 bits per heavy atom. The van der Waals surface area contributed by atoms with Crippen LogP contribution in [-0.4, -0.2) is 25.0 Å². The maximum absolute atomic E-state index is 5.51. The monoisotopic (exact) mass is 165 g/mol. The van der Waals surface area contributed by atoms with Crippen molar-refractivity contribution in [2.24, 2.45) is 11.3 Å². The fraction of sp³-hybridized carbons (Fsp3) is 0.818. The van der Waals surface area contributed by atoms with Crippen LogP contribution in [0.15, 0.2) is 0 Å². The van der Waals surface area contributed by atoms with Crippen LogP contribution in [0.1, 0.15) is 26.7 Å². The van der Waals surface area contributed by atoms with Gasteiger partial charge in [0.1, 0.15) is 0 Å². The minimum atomic E-state index is 0.0985. The van der Waals surface area contributed by atoms with Gasteiger partial charge in [-0.05, 0) is 52.7 Å². The summed E-state index contributed by atoms with van der Waals surface area (Å²) in [6.45, 7) is 6.78. The molecule has 1 aliphatic heterocycles. The molecule has 1 heteroatoms. The predicted octanol–water partition coefficient (Wildman–Crippen LogP) is 1.99. The summed E-state index contributed by atoms with van der Waals surface area (Å²) >= 11 is 0. The molecule has 0 bridgehead atoms. The van der Waals surface area contributed by atoms with E-state index in [0.717, 1.165) is 5.92 Å². The molecule has 12 heavy (non-hydrogen) atoms. The van der Waals surface area contributed by atoms with E-state index in [9.17, 15) is 0 Å². The third-order valence-corrected chi connectivity index (χ3v) is 3.11. The van der Waals surface area contributed by atoms with E-state index in [0.29, 0.717) is 0 Å². The van der Waals surface area contributed by atoms with E-state index in [-0.39, 0.29) is 5.41 Å². The van der Waals surface area contributed by atoms with Crippen LogP contribution in [0, 0.1) is 23.7 Å². The normalized spacial score (nSPS) is 22.2. The Kier molecular flexibility index (Phi) is 2.80. The lowest BCUT2D eigenvalue weighted by Crippen LogP contribution is -2.36. The fourth-order valence-electron chi connectivity index (χ4n) is 1.85. The van der Waals surface area contributed by atoms with Crippen LogP contribution in [0.5, 0.6) is 0 Å². The molecule has 1 fully saturated rings. The standard InChI is InChI=1S/C11H19N/c1-5-11(2,3)10-6-8-12(4)9-7-10/h1,10H,6-9H2,2-4H3. The second-order valence-corrected chi connectivity index (χ2v) is 4.44. The van der Waals surface area contributed by atoms with Crippen molar-refractivity contribution in [1.29, 1.82) is 0 Å². The summed E-state index contributed by atoms with van der Waals surface area (Å²) in [5.74, 6) is 3.63. The lowest BCUT2D eigenvalue weighted by molar-refractivity contribution is 0.153. The van der Waals surface area contributed by atoms with Crippen molar-refractivity contribution in [3.63, 3.8) is 0 Å². The van der Waals surface area contributed by atoms with Crippen molar-refractivity contribution in [1.82, 2.24) is 4.90 Å². The number of terminal acetylenes is 1.